The van der Waals surface area contributed by atoms with Crippen LogP contribution in [-0.4, -0.2) is 27.4 Å². The van der Waals surface area contributed by atoms with E-state index in [0.717, 1.165) is 22.8 Å². The number of nitrogens with zero attached hydrogens (tertiary/aromatic N) is 4. The van der Waals surface area contributed by atoms with Crippen molar-refractivity contribution in [2.24, 2.45) is 7.05 Å². The molecule has 0 amide bonds. The summed E-state index contributed by atoms with van der Waals surface area (Å²) in [5.41, 5.74) is 2.97. The highest BCUT2D eigenvalue weighted by atomic mass is 15.3. The number of allylic oxidation sites excluding steroid dienone is 2. The minimum Gasteiger partial charge on any atom is -0.385 e. The Bertz CT molecular complexity index is 900. The second-order valence-electron chi connectivity index (χ2n) is 6.16. The molecule has 7 nitrogen and oxygen atoms in total. The van der Waals surface area contributed by atoms with Gasteiger partial charge in [-0.15, -0.1) is 0 Å². The number of nitrogens with one attached hydrogen (secondary N) is 3. The summed E-state index contributed by atoms with van der Waals surface area (Å²) in [6, 6.07) is 5.81. The summed E-state index contributed by atoms with van der Waals surface area (Å²) in [6.45, 7) is 4.16. The van der Waals surface area contributed by atoms with Crippen molar-refractivity contribution in [2.75, 3.05) is 23.0 Å². The first-order chi connectivity index (χ1) is 12.0. The number of hydrogen-bond donors (Lipinski definition) is 3. The Balaban J connectivity index is 1.90. The smallest absolute Gasteiger partial charge is 0.152 e. The second-order valence-corrected chi connectivity index (χ2v) is 6.16. The van der Waals surface area contributed by atoms with Crippen LogP contribution in [0.1, 0.15) is 19.4 Å². The fraction of sp³-hybridized carbons (Fsp3) is 0.278. The molecule has 3 rings (SSSR count). The fourth-order valence-corrected chi connectivity index (χ4v) is 2.76. The zero-order valence-corrected chi connectivity index (χ0v) is 14.8. The lowest BCUT2D eigenvalue weighted by Gasteiger charge is -2.33. The number of nitriles is 1. The maximum atomic E-state index is 9.06. The van der Waals surface area contributed by atoms with Crippen LogP contribution < -0.4 is 16.0 Å². The lowest BCUT2D eigenvalue weighted by Crippen LogP contribution is -2.39. The Labute approximate surface area is 147 Å². The van der Waals surface area contributed by atoms with E-state index in [1.165, 1.54) is 0 Å². The van der Waals surface area contributed by atoms with Crippen molar-refractivity contribution in [3.8, 4) is 6.07 Å². The van der Waals surface area contributed by atoms with Gasteiger partial charge in [-0.3, -0.25) is 4.68 Å². The predicted octanol–water partition coefficient (Wildman–Crippen LogP) is 2.85. The first-order valence-corrected chi connectivity index (χ1v) is 7.98. The molecule has 2 heterocycles. The third-order valence-corrected chi connectivity index (χ3v) is 4.46. The summed E-state index contributed by atoms with van der Waals surface area (Å²) in [6.07, 6.45) is 7.57. The molecule has 0 aromatic carbocycles. The highest BCUT2D eigenvalue weighted by Crippen LogP contribution is 2.36. The van der Waals surface area contributed by atoms with Gasteiger partial charge >= 0.3 is 0 Å². The Morgan fingerprint density at radius 1 is 1.32 bits per heavy atom. The zero-order valence-electron chi connectivity index (χ0n) is 14.8. The van der Waals surface area contributed by atoms with Crippen molar-refractivity contribution in [1.82, 2.24) is 14.8 Å². The van der Waals surface area contributed by atoms with E-state index in [-0.39, 0.29) is 0 Å². The molecule has 0 spiro atoms. The number of pyridine rings is 1. The van der Waals surface area contributed by atoms with E-state index in [0.29, 0.717) is 11.4 Å². The molecule has 1 aliphatic carbocycles. The molecule has 0 radical (unpaired) electrons. The van der Waals surface area contributed by atoms with E-state index in [1.807, 2.05) is 32.4 Å². The average molecular weight is 335 g/mol. The van der Waals surface area contributed by atoms with Gasteiger partial charge in [-0.2, -0.15) is 10.4 Å². The molecule has 1 unspecified atom stereocenters. The van der Waals surface area contributed by atoms with Crippen molar-refractivity contribution in [2.45, 2.75) is 19.4 Å². The van der Waals surface area contributed by atoms with E-state index in [2.05, 4.69) is 52.0 Å². The number of aromatic nitrogens is 3. The Hall–Kier alpha value is -3.27. The molecule has 0 saturated heterocycles. The lowest BCUT2D eigenvalue weighted by atomic mass is 9.93. The first-order valence-electron chi connectivity index (χ1n) is 7.98. The molecule has 0 saturated carbocycles. The summed E-state index contributed by atoms with van der Waals surface area (Å²) in [5.74, 6) is 1.47. The van der Waals surface area contributed by atoms with Crippen LogP contribution in [0, 0.1) is 11.3 Å². The number of rotatable bonds is 5. The average Bonchev–Trinajstić information content (AvgIpc) is 3.13. The largest absolute Gasteiger partial charge is 0.385 e. The number of anilines is 3. The van der Waals surface area contributed by atoms with E-state index in [1.54, 1.807) is 16.9 Å². The molecule has 2 aromatic heterocycles. The summed E-state index contributed by atoms with van der Waals surface area (Å²) < 4.78 is 1.75. The molecular formula is C18H21N7. The Morgan fingerprint density at radius 3 is 2.76 bits per heavy atom. The molecule has 1 aliphatic rings. The minimum atomic E-state index is -0.454. The van der Waals surface area contributed by atoms with Gasteiger partial charge in [0.1, 0.15) is 11.9 Å². The van der Waals surface area contributed by atoms with Crippen molar-refractivity contribution in [3.05, 3.63) is 53.5 Å². The normalized spacial score (nSPS) is 19.0. The van der Waals surface area contributed by atoms with Gasteiger partial charge in [-0.05, 0) is 31.6 Å². The van der Waals surface area contributed by atoms with Crippen LogP contribution in [-0.2, 0) is 7.05 Å². The maximum Gasteiger partial charge on any atom is 0.152 e. The number of hydrogen-bond acceptors (Lipinski definition) is 6. The molecule has 0 bridgehead atoms. The van der Waals surface area contributed by atoms with Crippen molar-refractivity contribution in [3.63, 3.8) is 0 Å². The van der Waals surface area contributed by atoms with Gasteiger partial charge in [0.2, 0.25) is 0 Å². The van der Waals surface area contributed by atoms with Crippen LogP contribution in [0.3, 0.4) is 0 Å². The standard InChI is InChI=1S/C18H21N7/c1-12-5-6-15(22-16-7-8-25(4)24-16)18(12,2)23-17-14(20-3)9-13(10-19)11-21-17/h5-9,11,20H,1-4H3,(H,21,23)(H,22,24). The summed E-state index contributed by atoms with van der Waals surface area (Å²) in [7, 11) is 3.70. The third kappa shape index (κ3) is 3.06. The summed E-state index contributed by atoms with van der Waals surface area (Å²) in [5, 5.41) is 23.4. The molecular weight excluding hydrogens is 314 g/mol. The Morgan fingerprint density at radius 2 is 2.12 bits per heavy atom. The van der Waals surface area contributed by atoms with Gasteiger partial charge in [0.25, 0.3) is 0 Å². The van der Waals surface area contributed by atoms with Crippen molar-refractivity contribution in [1.29, 1.82) is 5.26 Å². The first kappa shape index (κ1) is 16.6. The van der Waals surface area contributed by atoms with Gasteiger partial charge in [0.15, 0.2) is 5.82 Å². The van der Waals surface area contributed by atoms with E-state index >= 15 is 0 Å². The molecule has 0 aliphatic heterocycles. The molecule has 1 atom stereocenters. The molecule has 128 valence electrons. The third-order valence-electron chi connectivity index (χ3n) is 4.46. The van der Waals surface area contributed by atoms with Crippen LogP contribution in [0.5, 0.6) is 0 Å². The van der Waals surface area contributed by atoms with Gasteiger partial charge in [-0.1, -0.05) is 6.08 Å². The summed E-state index contributed by atoms with van der Waals surface area (Å²) in [4.78, 5) is 4.41. The second kappa shape index (κ2) is 6.32. The molecule has 25 heavy (non-hydrogen) atoms. The molecule has 3 N–H and O–H groups in total. The predicted molar refractivity (Wildman–Crippen MR) is 99.2 cm³/mol. The maximum absolute atomic E-state index is 9.06. The lowest BCUT2D eigenvalue weighted by molar-refractivity contribution is 0.706. The molecule has 7 heteroatoms. The molecule has 2 aromatic rings. The van der Waals surface area contributed by atoms with Crippen LogP contribution in [0.15, 0.2) is 47.9 Å². The fourth-order valence-electron chi connectivity index (χ4n) is 2.76. The van der Waals surface area contributed by atoms with Crippen LogP contribution in [0.25, 0.3) is 0 Å². The SMILES string of the molecule is CNc1cc(C#N)cnc1NC1(C)C(C)=CC=C1Nc1ccn(C)n1. The van der Waals surface area contributed by atoms with Crippen molar-refractivity contribution < 1.29 is 0 Å². The topological polar surface area (TPSA) is 90.6 Å². The number of aryl methyl sites for hydroxylation is 1. The van der Waals surface area contributed by atoms with Crippen LogP contribution in [0.2, 0.25) is 0 Å². The highest BCUT2D eigenvalue weighted by molar-refractivity contribution is 5.70. The van der Waals surface area contributed by atoms with Gasteiger partial charge in [0.05, 0.1) is 16.8 Å². The zero-order chi connectivity index (χ0) is 18.0. The highest BCUT2D eigenvalue weighted by Gasteiger charge is 2.35. The molecule has 0 fully saturated rings. The summed E-state index contributed by atoms with van der Waals surface area (Å²) >= 11 is 0. The van der Waals surface area contributed by atoms with E-state index in [9.17, 15) is 0 Å². The van der Waals surface area contributed by atoms with Gasteiger partial charge in [-0.25, -0.2) is 4.98 Å². The van der Waals surface area contributed by atoms with E-state index in [4.69, 9.17) is 5.26 Å². The van der Waals surface area contributed by atoms with Crippen LogP contribution >= 0.6 is 0 Å². The monoisotopic (exact) mass is 335 g/mol. The van der Waals surface area contributed by atoms with Crippen molar-refractivity contribution >= 4 is 17.3 Å². The van der Waals surface area contributed by atoms with E-state index < -0.39 is 5.54 Å². The van der Waals surface area contributed by atoms with Crippen LogP contribution in [0.4, 0.5) is 17.3 Å². The minimum absolute atomic E-state index is 0.454. The quantitative estimate of drug-likeness (QED) is 0.778. The van der Waals surface area contributed by atoms with Gasteiger partial charge in [0, 0.05) is 38.3 Å². The van der Waals surface area contributed by atoms with Gasteiger partial charge < -0.3 is 16.0 Å². The Kier molecular flexibility index (Phi) is 4.19.